The first-order valence-corrected chi connectivity index (χ1v) is 6.57. The molecule has 0 radical (unpaired) electrons. The van der Waals surface area contributed by atoms with Crippen LogP contribution in [0.2, 0.25) is 0 Å². The van der Waals surface area contributed by atoms with Crippen LogP contribution in [-0.4, -0.2) is 10.8 Å². The van der Waals surface area contributed by atoms with E-state index in [1.807, 2.05) is 37.4 Å². The molecule has 0 saturated heterocycles. The Balaban J connectivity index is 2.23. The van der Waals surface area contributed by atoms with Gasteiger partial charge in [-0.25, -0.2) is 15.8 Å². The van der Waals surface area contributed by atoms with Gasteiger partial charge in [0.15, 0.2) is 5.82 Å². The molecule has 0 fully saturated rings. The average molecular weight is 260 g/mol. The van der Waals surface area contributed by atoms with Gasteiger partial charge in [0.25, 0.3) is 0 Å². The summed E-state index contributed by atoms with van der Waals surface area (Å²) in [4.78, 5) is 10.0. The van der Waals surface area contributed by atoms with Crippen LogP contribution in [0.25, 0.3) is 0 Å². The SMILES string of the molecule is Cc1cc(C)nc(/N=C(/Cc2cccs2)NN)c1. The molecule has 4 nitrogen and oxygen atoms in total. The quantitative estimate of drug-likeness (QED) is 0.386. The lowest BCUT2D eigenvalue weighted by Gasteiger charge is -2.05. The minimum atomic E-state index is 0.692. The molecule has 3 N–H and O–H groups in total. The summed E-state index contributed by atoms with van der Waals surface area (Å²) in [6.07, 6.45) is 0.697. The Bertz CT molecular complexity index is 526. The summed E-state index contributed by atoms with van der Waals surface area (Å²) in [6.45, 7) is 3.99. The van der Waals surface area contributed by atoms with E-state index >= 15 is 0 Å². The average Bonchev–Trinajstić information content (AvgIpc) is 2.79. The summed E-state index contributed by atoms with van der Waals surface area (Å²) in [6, 6.07) is 8.04. The second-order valence-corrected chi connectivity index (χ2v) is 5.14. The summed E-state index contributed by atoms with van der Waals surface area (Å²) in [5, 5.41) is 2.04. The van der Waals surface area contributed by atoms with Crippen LogP contribution in [0.3, 0.4) is 0 Å². The highest BCUT2D eigenvalue weighted by Gasteiger charge is 2.03. The monoisotopic (exact) mass is 260 g/mol. The highest BCUT2D eigenvalue weighted by Crippen LogP contribution is 2.14. The van der Waals surface area contributed by atoms with Crippen LogP contribution in [-0.2, 0) is 6.42 Å². The molecule has 5 heteroatoms. The van der Waals surface area contributed by atoms with Gasteiger partial charge < -0.3 is 5.43 Å². The largest absolute Gasteiger partial charge is 0.312 e. The van der Waals surface area contributed by atoms with Gasteiger partial charge in [-0.15, -0.1) is 11.3 Å². The van der Waals surface area contributed by atoms with Crippen molar-refractivity contribution >= 4 is 23.0 Å². The summed E-state index contributed by atoms with van der Waals surface area (Å²) in [7, 11) is 0. The molecule has 2 rings (SSSR count). The molecule has 0 amide bonds. The van der Waals surface area contributed by atoms with Gasteiger partial charge in [-0.3, -0.25) is 0 Å². The van der Waals surface area contributed by atoms with Crippen molar-refractivity contribution < 1.29 is 0 Å². The summed E-state index contributed by atoms with van der Waals surface area (Å²) in [5.74, 6) is 6.92. The van der Waals surface area contributed by atoms with Crippen molar-refractivity contribution in [2.75, 3.05) is 0 Å². The Morgan fingerprint density at radius 3 is 2.89 bits per heavy atom. The van der Waals surface area contributed by atoms with Crippen LogP contribution in [0, 0.1) is 13.8 Å². The second-order valence-electron chi connectivity index (χ2n) is 4.10. The van der Waals surface area contributed by atoms with Crippen LogP contribution in [0.15, 0.2) is 34.6 Å². The van der Waals surface area contributed by atoms with E-state index in [9.17, 15) is 0 Å². The molecular weight excluding hydrogens is 244 g/mol. The van der Waals surface area contributed by atoms with E-state index in [1.54, 1.807) is 11.3 Å². The van der Waals surface area contributed by atoms with Crippen LogP contribution in [0.1, 0.15) is 16.1 Å². The Morgan fingerprint density at radius 1 is 1.44 bits per heavy atom. The van der Waals surface area contributed by atoms with Gasteiger partial charge in [0.05, 0.1) is 0 Å². The first-order chi connectivity index (χ1) is 8.67. The lowest BCUT2D eigenvalue weighted by atomic mass is 10.2. The van der Waals surface area contributed by atoms with E-state index in [4.69, 9.17) is 5.84 Å². The fraction of sp³-hybridized carbons (Fsp3) is 0.231. The smallest absolute Gasteiger partial charge is 0.154 e. The molecule has 18 heavy (non-hydrogen) atoms. The molecule has 0 aromatic carbocycles. The fourth-order valence-electron chi connectivity index (χ4n) is 1.72. The van der Waals surface area contributed by atoms with E-state index in [-0.39, 0.29) is 0 Å². The lowest BCUT2D eigenvalue weighted by molar-refractivity contribution is 0.987. The van der Waals surface area contributed by atoms with Gasteiger partial charge in [0.1, 0.15) is 5.84 Å². The van der Waals surface area contributed by atoms with Crippen molar-refractivity contribution in [3.8, 4) is 0 Å². The molecule has 2 heterocycles. The first kappa shape index (κ1) is 12.7. The standard InChI is InChI=1S/C13H16N4S/c1-9-6-10(2)15-12(7-9)16-13(17-14)8-11-4-3-5-18-11/h3-7H,8,14H2,1-2H3,(H,15,16,17). The molecule has 2 aromatic heterocycles. The number of aryl methyl sites for hydroxylation is 2. The molecule has 0 aliphatic carbocycles. The maximum Gasteiger partial charge on any atom is 0.154 e. The van der Waals surface area contributed by atoms with Gasteiger partial charge in [-0.05, 0) is 43.0 Å². The first-order valence-electron chi connectivity index (χ1n) is 5.69. The van der Waals surface area contributed by atoms with Crippen LogP contribution >= 0.6 is 11.3 Å². The predicted octanol–water partition coefficient (Wildman–Crippen LogP) is 2.50. The van der Waals surface area contributed by atoms with Gasteiger partial charge >= 0.3 is 0 Å². The number of hydrazine groups is 1. The van der Waals surface area contributed by atoms with Crippen molar-refractivity contribution in [3.05, 3.63) is 45.8 Å². The van der Waals surface area contributed by atoms with Crippen molar-refractivity contribution in [1.82, 2.24) is 10.4 Å². The number of hydrogen-bond donors (Lipinski definition) is 2. The topological polar surface area (TPSA) is 63.3 Å². The van der Waals surface area contributed by atoms with Crippen LogP contribution in [0.5, 0.6) is 0 Å². The van der Waals surface area contributed by atoms with Gasteiger partial charge in [0.2, 0.25) is 0 Å². The molecule has 0 bridgehead atoms. The van der Waals surface area contributed by atoms with Gasteiger partial charge in [0, 0.05) is 17.0 Å². The third kappa shape index (κ3) is 3.38. The molecule has 0 aliphatic heterocycles. The van der Waals surface area contributed by atoms with Crippen molar-refractivity contribution in [1.29, 1.82) is 0 Å². The third-order valence-corrected chi connectivity index (χ3v) is 3.30. The van der Waals surface area contributed by atoms with Crippen LogP contribution < -0.4 is 11.3 Å². The van der Waals surface area contributed by atoms with Gasteiger partial charge in [-0.2, -0.15) is 0 Å². The fourth-order valence-corrected chi connectivity index (χ4v) is 2.43. The van der Waals surface area contributed by atoms with E-state index < -0.39 is 0 Å². The van der Waals surface area contributed by atoms with E-state index in [0.717, 1.165) is 17.1 Å². The second kappa shape index (κ2) is 5.75. The zero-order chi connectivity index (χ0) is 13.0. The van der Waals surface area contributed by atoms with Crippen molar-refractivity contribution in [2.45, 2.75) is 20.3 Å². The zero-order valence-corrected chi connectivity index (χ0v) is 11.3. The Hall–Kier alpha value is -1.72. The van der Waals surface area contributed by atoms with Crippen molar-refractivity contribution in [2.24, 2.45) is 10.8 Å². The lowest BCUT2D eigenvalue weighted by Crippen LogP contribution is -2.31. The van der Waals surface area contributed by atoms with E-state index in [0.29, 0.717) is 12.2 Å². The number of pyridine rings is 1. The number of thiophene rings is 1. The number of rotatable bonds is 3. The number of nitrogens with zero attached hydrogens (tertiary/aromatic N) is 2. The number of aromatic nitrogens is 1. The molecule has 0 spiro atoms. The molecule has 0 saturated carbocycles. The Kier molecular flexibility index (Phi) is 4.07. The number of aliphatic imine (C=N–C) groups is 1. The zero-order valence-electron chi connectivity index (χ0n) is 10.5. The molecule has 0 unspecified atom stereocenters. The predicted molar refractivity (Wildman–Crippen MR) is 76.2 cm³/mol. The minimum Gasteiger partial charge on any atom is -0.312 e. The Labute approximate surface area is 111 Å². The minimum absolute atomic E-state index is 0.692. The number of nitrogens with two attached hydrogens (primary N) is 1. The summed E-state index contributed by atoms with van der Waals surface area (Å²) >= 11 is 1.69. The molecule has 0 aliphatic rings. The Morgan fingerprint density at radius 2 is 2.28 bits per heavy atom. The third-order valence-electron chi connectivity index (χ3n) is 2.42. The number of hydrogen-bond acceptors (Lipinski definition) is 4. The molecule has 0 atom stereocenters. The van der Waals surface area contributed by atoms with Crippen LogP contribution in [0.4, 0.5) is 5.82 Å². The molecular formula is C13H16N4S. The number of nitrogens with one attached hydrogen (secondary N) is 1. The van der Waals surface area contributed by atoms with Gasteiger partial charge in [-0.1, -0.05) is 6.07 Å². The maximum absolute atomic E-state index is 5.51. The highest BCUT2D eigenvalue weighted by molar-refractivity contribution is 7.10. The van der Waals surface area contributed by atoms with E-state index in [2.05, 4.69) is 21.5 Å². The molecule has 2 aromatic rings. The normalized spacial score (nSPS) is 11.6. The highest BCUT2D eigenvalue weighted by atomic mass is 32.1. The summed E-state index contributed by atoms with van der Waals surface area (Å²) in [5.41, 5.74) is 4.75. The van der Waals surface area contributed by atoms with E-state index in [1.165, 1.54) is 4.88 Å². The molecule has 94 valence electrons. The maximum atomic E-state index is 5.51. The number of amidine groups is 1. The summed E-state index contributed by atoms with van der Waals surface area (Å²) < 4.78 is 0. The van der Waals surface area contributed by atoms with Crippen molar-refractivity contribution in [3.63, 3.8) is 0 Å².